The van der Waals surface area contributed by atoms with Gasteiger partial charge in [0.2, 0.25) is 15.9 Å². The molecule has 2 amide bonds. The zero-order chi connectivity index (χ0) is 24.0. The standard InChI is InChI=1S/C24H30FN3O4S/c1-3-17(2)26-24(30)21-6-4-5-7-22(21)27-23(29)19-12-14-28(15-13-19)33(31,32)16-18-8-10-20(25)11-9-18/h4-11,17,19H,3,12-16H2,1-2H3,(H,26,30)(H,27,29)/t17-/m0/s1. The van der Waals surface area contributed by atoms with Crippen LogP contribution in [-0.2, 0) is 20.6 Å². The van der Waals surface area contributed by atoms with E-state index in [1.807, 2.05) is 13.8 Å². The van der Waals surface area contributed by atoms with Crippen LogP contribution >= 0.6 is 0 Å². The van der Waals surface area contributed by atoms with Gasteiger partial charge in [-0.2, -0.15) is 0 Å². The van der Waals surface area contributed by atoms with Crippen molar-refractivity contribution >= 4 is 27.5 Å². The molecule has 1 heterocycles. The predicted octanol–water partition coefficient (Wildman–Crippen LogP) is 3.53. The summed E-state index contributed by atoms with van der Waals surface area (Å²) in [6, 6.07) is 12.3. The molecule has 0 unspecified atom stereocenters. The van der Waals surface area contributed by atoms with Crippen molar-refractivity contribution in [1.82, 2.24) is 9.62 Å². The van der Waals surface area contributed by atoms with E-state index in [0.717, 1.165) is 6.42 Å². The van der Waals surface area contributed by atoms with Gasteiger partial charge >= 0.3 is 0 Å². The van der Waals surface area contributed by atoms with Crippen LogP contribution in [0.4, 0.5) is 10.1 Å². The highest BCUT2D eigenvalue weighted by Crippen LogP contribution is 2.24. The van der Waals surface area contributed by atoms with Crippen LogP contribution in [-0.4, -0.2) is 43.7 Å². The number of nitrogens with zero attached hydrogens (tertiary/aromatic N) is 1. The molecular formula is C24H30FN3O4S. The SMILES string of the molecule is CC[C@H](C)NC(=O)c1ccccc1NC(=O)C1CCN(S(=O)(=O)Cc2ccc(F)cc2)CC1. The van der Waals surface area contributed by atoms with Crippen molar-refractivity contribution in [2.24, 2.45) is 5.92 Å². The largest absolute Gasteiger partial charge is 0.350 e. The zero-order valence-electron chi connectivity index (χ0n) is 18.9. The van der Waals surface area contributed by atoms with Crippen molar-refractivity contribution < 1.29 is 22.4 Å². The molecule has 7 nitrogen and oxygen atoms in total. The number of piperidine rings is 1. The first kappa shape index (κ1) is 24.9. The van der Waals surface area contributed by atoms with Gasteiger partial charge in [-0.15, -0.1) is 0 Å². The summed E-state index contributed by atoms with van der Waals surface area (Å²) in [5.74, 6) is -1.45. The first-order chi connectivity index (χ1) is 15.7. The highest BCUT2D eigenvalue weighted by atomic mass is 32.2. The Labute approximate surface area is 194 Å². The number of hydrogen-bond donors (Lipinski definition) is 2. The van der Waals surface area contributed by atoms with Crippen LogP contribution < -0.4 is 10.6 Å². The predicted molar refractivity (Wildman–Crippen MR) is 126 cm³/mol. The van der Waals surface area contributed by atoms with E-state index in [1.54, 1.807) is 24.3 Å². The lowest BCUT2D eigenvalue weighted by Gasteiger charge is -2.30. The van der Waals surface area contributed by atoms with Gasteiger partial charge in [0, 0.05) is 25.0 Å². The number of sulfonamides is 1. The van der Waals surface area contributed by atoms with Crippen molar-refractivity contribution in [1.29, 1.82) is 0 Å². The van der Waals surface area contributed by atoms with Crippen molar-refractivity contribution in [3.63, 3.8) is 0 Å². The quantitative estimate of drug-likeness (QED) is 0.611. The Morgan fingerprint density at radius 1 is 1.09 bits per heavy atom. The molecule has 3 rings (SSSR count). The Hall–Kier alpha value is -2.78. The van der Waals surface area contributed by atoms with Crippen LogP contribution in [0, 0.1) is 11.7 Å². The maximum absolute atomic E-state index is 13.1. The Balaban J connectivity index is 1.59. The van der Waals surface area contributed by atoms with Crippen LogP contribution in [0.25, 0.3) is 0 Å². The van der Waals surface area contributed by atoms with Crippen LogP contribution in [0.15, 0.2) is 48.5 Å². The molecule has 1 fully saturated rings. The van der Waals surface area contributed by atoms with Gasteiger partial charge in [-0.3, -0.25) is 9.59 Å². The molecule has 2 aromatic carbocycles. The Bertz CT molecular complexity index is 1080. The molecule has 0 bridgehead atoms. The van der Waals surface area contributed by atoms with E-state index in [2.05, 4.69) is 10.6 Å². The van der Waals surface area contributed by atoms with Crippen molar-refractivity contribution in [2.45, 2.75) is 44.9 Å². The van der Waals surface area contributed by atoms with Gasteiger partial charge in [-0.1, -0.05) is 31.2 Å². The number of amides is 2. The summed E-state index contributed by atoms with van der Waals surface area (Å²) < 4.78 is 39.9. The molecule has 0 spiro atoms. The van der Waals surface area contributed by atoms with Crippen LogP contribution in [0.1, 0.15) is 49.0 Å². The minimum Gasteiger partial charge on any atom is -0.350 e. The molecule has 178 valence electrons. The number of para-hydroxylation sites is 1. The molecule has 1 saturated heterocycles. The topological polar surface area (TPSA) is 95.6 Å². The van der Waals surface area contributed by atoms with E-state index in [1.165, 1.54) is 28.6 Å². The first-order valence-corrected chi connectivity index (χ1v) is 12.7. The maximum atomic E-state index is 13.1. The maximum Gasteiger partial charge on any atom is 0.253 e. The summed E-state index contributed by atoms with van der Waals surface area (Å²) in [7, 11) is -3.56. The second kappa shape index (κ2) is 10.9. The fourth-order valence-corrected chi connectivity index (χ4v) is 5.27. The second-order valence-electron chi connectivity index (χ2n) is 8.37. The molecule has 0 aromatic heterocycles. The highest BCUT2D eigenvalue weighted by Gasteiger charge is 2.31. The highest BCUT2D eigenvalue weighted by molar-refractivity contribution is 7.88. The molecule has 9 heteroatoms. The first-order valence-electron chi connectivity index (χ1n) is 11.1. The summed E-state index contributed by atoms with van der Waals surface area (Å²) >= 11 is 0. The van der Waals surface area contributed by atoms with Crippen molar-refractivity contribution in [3.8, 4) is 0 Å². The van der Waals surface area contributed by atoms with E-state index < -0.39 is 15.8 Å². The molecule has 1 atom stereocenters. The molecule has 2 aromatic rings. The summed E-state index contributed by atoms with van der Waals surface area (Å²) in [5.41, 5.74) is 1.35. The number of nitrogens with one attached hydrogen (secondary N) is 2. The number of benzene rings is 2. The number of rotatable bonds is 8. The summed E-state index contributed by atoms with van der Waals surface area (Å²) in [6.07, 6.45) is 1.56. The van der Waals surface area contributed by atoms with Gasteiger partial charge in [-0.05, 0) is 56.0 Å². The van der Waals surface area contributed by atoms with Crippen molar-refractivity contribution in [3.05, 3.63) is 65.5 Å². The third kappa shape index (κ3) is 6.61. The van der Waals surface area contributed by atoms with E-state index in [4.69, 9.17) is 0 Å². The monoisotopic (exact) mass is 475 g/mol. The minimum absolute atomic E-state index is 0.0162. The van der Waals surface area contributed by atoms with Gasteiger partial charge in [0.25, 0.3) is 5.91 Å². The van der Waals surface area contributed by atoms with Crippen molar-refractivity contribution in [2.75, 3.05) is 18.4 Å². The lowest BCUT2D eigenvalue weighted by Crippen LogP contribution is -2.42. The minimum atomic E-state index is -3.56. The molecular weight excluding hydrogens is 445 g/mol. The fraction of sp³-hybridized carbons (Fsp3) is 0.417. The van der Waals surface area contributed by atoms with E-state index in [9.17, 15) is 22.4 Å². The van der Waals surface area contributed by atoms with Gasteiger partial charge in [0.05, 0.1) is 17.0 Å². The molecule has 2 N–H and O–H groups in total. The van der Waals surface area contributed by atoms with Gasteiger partial charge in [0.15, 0.2) is 0 Å². The van der Waals surface area contributed by atoms with E-state index >= 15 is 0 Å². The number of carbonyl (C=O) groups is 2. The normalized spacial score (nSPS) is 16.2. The van der Waals surface area contributed by atoms with Gasteiger partial charge in [0.1, 0.15) is 5.82 Å². The van der Waals surface area contributed by atoms with E-state index in [0.29, 0.717) is 29.7 Å². The second-order valence-corrected chi connectivity index (χ2v) is 10.3. The summed E-state index contributed by atoms with van der Waals surface area (Å²) in [6.45, 7) is 4.36. The molecule has 33 heavy (non-hydrogen) atoms. The summed E-state index contributed by atoms with van der Waals surface area (Å²) in [4.78, 5) is 25.4. The number of hydrogen-bond acceptors (Lipinski definition) is 4. The van der Waals surface area contributed by atoms with Crippen LogP contribution in [0.2, 0.25) is 0 Å². The number of anilines is 1. The van der Waals surface area contributed by atoms with Crippen LogP contribution in [0.3, 0.4) is 0 Å². The molecule has 0 saturated carbocycles. The van der Waals surface area contributed by atoms with Gasteiger partial charge in [-0.25, -0.2) is 17.1 Å². The summed E-state index contributed by atoms with van der Waals surface area (Å²) in [5, 5.41) is 5.75. The lowest BCUT2D eigenvalue weighted by atomic mass is 9.97. The molecule has 1 aliphatic rings. The fourth-order valence-electron chi connectivity index (χ4n) is 3.71. The smallest absolute Gasteiger partial charge is 0.253 e. The zero-order valence-corrected chi connectivity index (χ0v) is 19.7. The third-order valence-electron chi connectivity index (χ3n) is 5.90. The number of carbonyl (C=O) groups excluding carboxylic acids is 2. The molecule has 0 radical (unpaired) electrons. The third-order valence-corrected chi connectivity index (χ3v) is 7.75. The van der Waals surface area contributed by atoms with Gasteiger partial charge < -0.3 is 10.6 Å². The molecule has 0 aliphatic carbocycles. The van der Waals surface area contributed by atoms with Crippen LogP contribution in [0.5, 0.6) is 0 Å². The molecule has 1 aliphatic heterocycles. The average molecular weight is 476 g/mol. The van der Waals surface area contributed by atoms with E-state index in [-0.39, 0.29) is 42.6 Å². The lowest BCUT2D eigenvalue weighted by molar-refractivity contribution is -0.120. The number of halogens is 1. The Morgan fingerprint density at radius 3 is 2.36 bits per heavy atom. The Morgan fingerprint density at radius 2 is 1.73 bits per heavy atom. The Kier molecular flexibility index (Phi) is 8.20. The average Bonchev–Trinajstić information content (AvgIpc) is 2.80.